The molecular formula is C28H45NO8. The molecule has 0 aromatic heterocycles. The largest absolute Gasteiger partial charge is 0.481 e. The van der Waals surface area contributed by atoms with Crippen molar-refractivity contribution < 1.29 is 38.4 Å². The van der Waals surface area contributed by atoms with Gasteiger partial charge in [-0.05, 0) is 38.7 Å². The third kappa shape index (κ3) is 10.4. The minimum atomic E-state index is -1.57. The van der Waals surface area contributed by atoms with E-state index in [2.05, 4.69) is 12.1 Å². The first kappa shape index (κ1) is 32.5. The second kappa shape index (κ2) is 15.7. The summed E-state index contributed by atoms with van der Waals surface area (Å²) in [5.74, 6) is -3.95. The Bertz CT molecular complexity index is 826. The van der Waals surface area contributed by atoms with Crippen LogP contribution in [-0.2, 0) is 39.8 Å². The highest BCUT2D eigenvalue weighted by molar-refractivity contribution is 5.79. The molecular weight excluding hydrogens is 478 g/mol. The van der Waals surface area contributed by atoms with Crippen molar-refractivity contribution in [1.82, 2.24) is 0 Å². The smallest absolute Gasteiger partial charge is 0.369 e. The molecule has 37 heavy (non-hydrogen) atoms. The number of nitrogens with two attached hydrogens (primary N) is 1. The summed E-state index contributed by atoms with van der Waals surface area (Å²) in [6.45, 7) is 10.3. The number of ether oxygens (including phenoxy) is 4. The van der Waals surface area contributed by atoms with Crippen LogP contribution in [0.2, 0.25) is 0 Å². The second-order valence-electron chi connectivity index (χ2n) is 9.85. The van der Waals surface area contributed by atoms with E-state index < -0.39 is 36.0 Å². The number of hydrogen-bond donors (Lipinski definition) is 2. The Morgan fingerprint density at radius 3 is 1.97 bits per heavy atom. The van der Waals surface area contributed by atoms with E-state index in [9.17, 15) is 9.59 Å². The van der Waals surface area contributed by atoms with Gasteiger partial charge in [0.05, 0.1) is 0 Å². The van der Waals surface area contributed by atoms with Crippen LogP contribution in [-0.4, -0.2) is 54.3 Å². The fourth-order valence-electron chi connectivity index (χ4n) is 4.51. The number of carbonyl (C=O) groups is 3. The molecule has 1 aromatic carbocycles. The van der Waals surface area contributed by atoms with Crippen molar-refractivity contribution in [2.75, 3.05) is 13.2 Å². The summed E-state index contributed by atoms with van der Waals surface area (Å²) in [6.07, 6.45) is 4.53. The molecule has 1 aromatic rings. The molecule has 2 rings (SSSR count). The lowest BCUT2D eigenvalue weighted by Crippen LogP contribution is -2.52. The normalized spacial score (nSPS) is 16.6. The van der Waals surface area contributed by atoms with Gasteiger partial charge in [0, 0.05) is 38.4 Å². The number of carboxylic acids is 1. The molecule has 9 nitrogen and oxygen atoms in total. The van der Waals surface area contributed by atoms with Gasteiger partial charge in [0.2, 0.25) is 6.29 Å². The fourth-order valence-corrected chi connectivity index (χ4v) is 4.51. The van der Waals surface area contributed by atoms with Gasteiger partial charge in [-0.15, -0.1) is 0 Å². The van der Waals surface area contributed by atoms with Crippen molar-refractivity contribution in [3.8, 4) is 0 Å². The summed E-state index contributed by atoms with van der Waals surface area (Å²) < 4.78 is 22.2. The Balaban J connectivity index is 0.00000159. The zero-order valence-electron chi connectivity index (χ0n) is 23.2. The van der Waals surface area contributed by atoms with Gasteiger partial charge in [-0.2, -0.15) is 0 Å². The van der Waals surface area contributed by atoms with Crippen molar-refractivity contribution in [2.45, 2.75) is 98.2 Å². The number of carbonyl (C=O) groups excluding carboxylic acids is 2. The van der Waals surface area contributed by atoms with E-state index in [1.165, 1.54) is 6.92 Å². The average molecular weight is 524 g/mol. The second-order valence-corrected chi connectivity index (χ2v) is 9.85. The van der Waals surface area contributed by atoms with Crippen molar-refractivity contribution in [3.05, 3.63) is 35.9 Å². The lowest BCUT2D eigenvalue weighted by Gasteiger charge is -2.41. The number of aliphatic carboxylic acids is 1. The van der Waals surface area contributed by atoms with Crippen LogP contribution in [0, 0.1) is 11.3 Å². The predicted molar refractivity (Wildman–Crippen MR) is 139 cm³/mol. The quantitative estimate of drug-likeness (QED) is 0.301. The van der Waals surface area contributed by atoms with Crippen LogP contribution in [0.15, 0.2) is 30.3 Å². The average Bonchev–Trinajstić information content (AvgIpc) is 2.84. The van der Waals surface area contributed by atoms with Gasteiger partial charge < -0.3 is 29.8 Å². The summed E-state index contributed by atoms with van der Waals surface area (Å²) in [4.78, 5) is 35.1. The highest BCUT2D eigenvalue weighted by Gasteiger charge is 2.44. The molecule has 2 atom stereocenters. The molecule has 210 valence electrons. The van der Waals surface area contributed by atoms with Gasteiger partial charge in [0.1, 0.15) is 6.04 Å². The van der Waals surface area contributed by atoms with Gasteiger partial charge in [0.15, 0.2) is 0 Å². The zero-order valence-corrected chi connectivity index (χ0v) is 23.2. The van der Waals surface area contributed by atoms with Crippen molar-refractivity contribution in [1.29, 1.82) is 0 Å². The number of esters is 2. The maximum absolute atomic E-state index is 13.2. The van der Waals surface area contributed by atoms with E-state index in [-0.39, 0.29) is 24.5 Å². The molecule has 1 saturated carbocycles. The van der Waals surface area contributed by atoms with Crippen molar-refractivity contribution in [2.24, 2.45) is 17.1 Å². The Hall–Kier alpha value is -2.49. The fraction of sp³-hybridized carbons (Fsp3) is 0.679. The molecule has 0 spiro atoms. The molecule has 1 aliphatic carbocycles. The maximum Gasteiger partial charge on any atom is 0.369 e. The Kier molecular flexibility index (Phi) is 13.8. The molecule has 0 bridgehead atoms. The van der Waals surface area contributed by atoms with E-state index in [0.717, 1.165) is 44.6 Å². The SMILES string of the molecule is CC(=O)O.CCOC(C)(OCC)C(=O)OC(OC(=O)C(N)C1(Cc2ccccc2)CCCCC1)C(C)C. The Morgan fingerprint density at radius 1 is 1.00 bits per heavy atom. The number of carboxylic acid groups (broad SMARTS) is 1. The molecule has 0 aliphatic heterocycles. The Morgan fingerprint density at radius 2 is 1.51 bits per heavy atom. The predicted octanol–water partition coefficient (Wildman–Crippen LogP) is 4.46. The molecule has 1 fully saturated rings. The summed E-state index contributed by atoms with van der Waals surface area (Å²) in [7, 11) is 0. The van der Waals surface area contributed by atoms with Crippen LogP contribution in [0.25, 0.3) is 0 Å². The van der Waals surface area contributed by atoms with Crippen molar-refractivity contribution in [3.63, 3.8) is 0 Å². The third-order valence-electron chi connectivity index (χ3n) is 6.37. The summed E-state index contributed by atoms with van der Waals surface area (Å²) in [5, 5.41) is 7.42. The Labute approximate surface area is 221 Å². The zero-order chi connectivity index (χ0) is 28.1. The van der Waals surface area contributed by atoms with Crippen LogP contribution in [0.5, 0.6) is 0 Å². The molecule has 0 radical (unpaired) electrons. The lowest BCUT2D eigenvalue weighted by atomic mass is 9.66. The van der Waals surface area contributed by atoms with E-state index in [0.29, 0.717) is 6.42 Å². The maximum atomic E-state index is 13.2. The highest BCUT2D eigenvalue weighted by atomic mass is 16.8. The molecule has 2 unspecified atom stereocenters. The first-order chi connectivity index (χ1) is 17.4. The van der Waals surface area contributed by atoms with Gasteiger partial charge in [-0.1, -0.05) is 63.4 Å². The minimum absolute atomic E-state index is 0.268. The van der Waals surface area contributed by atoms with Crippen LogP contribution >= 0.6 is 0 Å². The van der Waals surface area contributed by atoms with E-state index in [1.807, 2.05) is 32.0 Å². The number of hydrogen-bond acceptors (Lipinski definition) is 8. The standard InChI is InChI=1S/C26H41NO6.C2H4O2/c1-6-30-25(5,31-7-2)24(29)33-23(19(3)4)32-22(28)21(27)26(16-12-9-13-17-26)18-20-14-10-8-11-15-20;1-2(3)4/h8,10-11,14-15,19,21,23H,6-7,9,12-13,16-18,27H2,1-5H3;1H3,(H,3,4). The van der Waals surface area contributed by atoms with Crippen LogP contribution < -0.4 is 5.73 Å². The van der Waals surface area contributed by atoms with Crippen LogP contribution in [0.1, 0.15) is 79.2 Å². The van der Waals surface area contributed by atoms with Crippen molar-refractivity contribution >= 4 is 17.9 Å². The molecule has 0 heterocycles. The first-order valence-corrected chi connectivity index (χ1v) is 13.1. The minimum Gasteiger partial charge on any atom is -0.481 e. The highest BCUT2D eigenvalue weighted by Crippen LogP contribution is 2.42. The van der Waals surface area contributed by atoms with E-state index in [4.69, 9.17) is 34.6 Å². The number of benzene rings is 1. The molecule has 9 heteroatoms. The molecule has 0 saturated heterocycles. The van der Waals surface area contributed by atoms with E-state index in [1.54, 1.807) is 13.8 Å². The van der Waals surface area contributed by atoms with Gasteiger partial charge >= 0.3 is 11.9 Å². The van der Waals surface area contributed by atoms with Gasteiger partial charge in [-0.3, -0.25) is 9.59 Å². The molecule has 0 amide bonds. The third-order valence-corrected chi connectivity index (χ3v) is 6.37. The van der Waals surface area contributed by atoms with Gasteiger partial charge in [-0.25, -0.2) is 4.79 Å². The van der Waals surface area contributed by atoms with Crippen LogP contribution in [0.3, 0.4) is 0 Å². The van der Waals surface area contributed by atoms with Crippen LogP contribution in [0.4, 0.5) is 0 Å². The summed E-state index contributed by atoms with van der Waals surface area (Å²) in [6, 6.07) is 9.29. The summed E-state index contributed by atoms with van der Waals surface area (Å²) >= 11 is 0. The van der Waals surface area contributed by atoms with Gasteiger partial charge in [0.25, 0.3) is 11.8 Å². The number of rotatable bonds is 12. The first-order valence-electron chi connectivity index (χ1n) is 13.1. The molecule has 1 aliphatic rings. The topological polar surface area (TPSA) is 134 Å². The monoisotopic (exact) mass is 523 g/mol. The van der Waals surface area contributed by atoms with E-state index >= 15 is 0 Å². The summed E-state index contributed by atoms with van der Waals surface area (Å²) in [5.41, 5.74) is 7.34. The molecule has 3 N–H and O–H groups in total. The lowest BCUT2D eigenvalue weighted by molar-refractivity contribution is -0.257.